The molecule has 25 heavy (non-hydrogen) atoms. The van der Waals surface area contributed by atoms with Gasteiger partial charge in [-0.25, -0.2) is 4.98 Å². The summed E-state index contributed by atoms with van der Waals surface area (Å²) in [5, 5.41) is 4.03. The highest BCUT2D eigenvalue weighted by Crippen LogP contribution is 2.34. The molecule has 5 heteroatoms. The molecule has 0 atom stereocenters. The van der Waals surface area contributed by atoms with Crippen molar-refractivity contribution in [3.05, 3.63) is 59.9 Å². The van der Waals surface area contributed by atoms with Gasteiger partial charge in [0.05, 0.1) is 5.56 Å². The van der Waals surface area contributed by atoms with Crippen molar-refractivity contribution in [2.75, 3.05) is 25.0 Å². The normalized spacial score (nSPS) is 15.5. The lowest BCUT2D eigenvalue weighted by molar-refractivity contribution is 0.0963. The first-order valence-corrected chi connectivity index (χ1v) is 8.76. The summed E-state index contributed by atoms with van der Waals surface area (Å²) < 4.78 is 0. The molecule has 0 aliphatic carbocycles. The Hall–Kier alpha value is -2.82. The predicted octanol–water partition coefficient (Wildman–Crippen LogP) is 3.31. The highest BCUT2D eigenvalue weighted by atomic mass is 16.1. The van der Waals surface area contributed by atoms with Crippen LogP contribution in [0.5, 0.6) is 0 Å². The number of anilines is 1. The number of nitrogens with one attached hydrogen (secondary N) is 2. The van der Waals surface area contributed by atoms with Crippen LogP contribution in [0.3, 0.4) is 0 Å². The number of aromatic amines is 1. The fraction of sp³-hybridized carbons (Fsp3) is 0.300. The summed E-state index contributed by atoms with van der Waals surface area (Å²) in [6, 6.07) is 12.1. The van der Waals surface area contributed by atoms with E-state index in [1.165, 1.54) is 16.5 Å². The number of para-hydroxylation sites is 1. The first-order valence-electron chi connectivity index (χ1n) is 8.76. The van der Waals surface area contributed by atoms with Crippen molar-refractivity contribution >= 4 is 22.6 Å². The molecule has 1 aliphatic heterocycles. The Labute approximate surface area is 147 Å². The van der Waals surface area contributed by atoms with Crippen LogP contribution >= 0.6 is 0 Å². The predicted molar refractivity (Wildman–Crippen MR) is 100 cm³/mol. The highest BCUT2D eigenvalue weighted by Gasteiger charge is 2.25. The first-order chi connectivity index (χ1) is 12.3. The average molecular weight is 334 g/mol. The van der Waals surface area contributed by atoms with Crippen LogP contribution in [0.15, 0.2) is 48.8 Å². The fourth-order valence-corrected chi connectivity index (χ4v) is 3.79. The Kier molecular flexibility index (Phi) is 4.14. The number of benzene rings is 1. The minimum absolute atomic E-state index is 0.0816. The molecule has 1 aromatic carbocycles. The zero-order valence-corrected chi connectivity index (χ0v) is 14.3. The van der Waals surface area contributed by atoms with Crippen LogP contribution in [-0.4, -0.2) is 36.0 Å². The number of fused-ring (bicyclic) bond motifs is 1. The number of carbonyl (C=O) groups excluding carboxylic acids is 1. The van der Waals surface area contributed by atoms with Gasteiger partial charge < -0.3 is 15.2 Å². The van der Waals surface area contributed by atoms with Crippen LogP contribution in [-0.2, 0) is 0 Å². The molecular weight excluding hydrogens is 312 g/mol. The number of carbonyl (C=O) groups is 1. The number of nitrogens with zero attached hydrogens (tertiary/aromatic N) is 2. The summed E-state index contributed by atoms with van der Waals surface area (Å²) in [6.07, 6.45) is 6.03. The lowest BCUT2D eigenvalue weighted by Gasteiger charge is -2.33. The van der Waals surface area contributed by atoms with Gasteiger partial charge in [-0.3, -0.25) is 4.79 Å². The zero-order valence-electron chi connectivity index (χ0n) is 14.3. The van der Waals surface area contributed by atoms with Crippen LogP contribution < -0.4 is 10.2 Å². The van der Waals surface area contributed by atoms with Crippen molar-refractivity contribution in [2.24, 2.45) is 0 Å². The van der Waals surface area contributed by atoms with Crippen LogP contribution in [0, 0.1) is 0 Å². The quantitative estimate of drug-likeness (QED) is 0.772. The van der Waals surface area contributed by atoms with E-state index in [4.69, 9.17) is 0 Å². The topological polar surface area (TPSA) is 61.0 Å². The van der Waals surface area contributed by atoms with Gasteiger partial charge in [-0.05, 0) is 42.5 Å². The van der Waals surface area contributed by atoms with Crippen molar-refractivity contribution in [2.45, 2.75) is 18.8 Å². The maximum absolute atomic E-state index is 12.1. The Balaban J connectivity index is 1.53. The van der Waals surface area contributed by atoms with Gasteiger partial charge in [-0.15, -0.1) is 0 Å². The van der Waals surface area contributed by atoms with Crippen molar-refractivity contribution in [3.63, 3.8) is 0 Å². The summed E-state index contributed by atoms with van der Waals surface area (Å²) in [6.45, 7) is 1.82. The van der Waals surface area contributed by atoms with E-state index in [0.717, 1.165) is 31.7 Å². The van der Waals surface area contributed by atoms with Crippen molar-refractivity contribution in [1.29, 1.82) is 0 Å². The molecule has 1 amide bonds. The van der Waals surface area contributed by atoms with Gasteiger partial charge in [0, 0.05) is 43.4 Å². The van der Waals surface area contributed by atoms with Gasteiger partial charge in [-0.1, -0.05) is 18.2 Å². The van der Waals surface area contributed by atoms with Crippen molar-refractivity contribution in [1.82, 2.24) is 15.3 Å². The lowest BCUT2D eigenvalue weighted by Crippen LogP contribution is -2.35. The molecule has 0 unspecified atom stereocenters. The monoisotopic (exact) mass is 334 g/mol. The maximum atomic E-state index is 12.1. The second-order valence-corrected chi connectivity index (χ2v) is 6.50. The molecule has 3 heterocycles. The summed E-state index contributed by atoms with van der Waals surface area (Å²) in [7, 11) is 1.66. The summed E-state index contributed by atoms with van der Waals surface area (Å²) in [4.78, 5) is 22.2. The fourth-order valence-electron chi connectivity index (χ4n) is 3.79. The van der Waals surface area contributed by atoms with Crippen LogP contribution in [0.4, 0.5) is 5.82 Å². The number of amides is 1. The van der Waals surface area contributed by atoms with E-state index >= 15 is 0 Å². The third-order valence-electron chi connectivity index (χ3n) is 5.11. The second-order valence-electron chi connectivity index (χ2n) is 6.50. The summed E-state index contributed by atoms with van der Waals surface area (Å²) in [5.41, 5.74) is 3.25. The molecule has 0 saturated carbocycles. The van der Waals surface area contributed by atoms with E-state index in [-0.39, 0.29) is 5.91 Å². The number of piperidine rings is 1. The second kappa shape index (κ2) is 6.59. The molecule has 3 aromatic rings. The molecule has 0 spiro atoms. The summed E-state index contributed by atoms with van der Waals surface area (Å²) >= 11 is 0. The largest absolute Gasteiger partial charge is 0.361 e. The number of rotatable bonds is 3. The molecule has 4 rings (SSSR count). The third kappa shape index (κ3) is 2.86. The minimum atomic E-state index is -0.0816. The standard InChI is InChI=1S/C20H22N4O/c1-21-20(25)16-6-4-10-22-19(16)24-11-8-14(9-12-24)17-13-23-18-7-3-2-5-15(17)18/h2-7,10,13-14,23H,8-9,11-12H2,1H3,(H,21,25). The molecule has 0 bridgehead atoms. The molecular formula is C20H22N4O. The smallest absolute Gasteiger partial charge is 0.254 e. The molecule has 1 saturated heterocycles. The highest BCUT2D eigenvalue weighted by molar-refractivity contribution is 5.98. The lowest BCUT2D eigenvalue weighted by atomic mass is 9.89. The van der Waals surface area contributed by atoms with Gasteiger partial charge in [-0.2, -0.15) is 0 Å². The van der Waals surface area contributed by atoms with Crippen LogP contribution in [0.1, 0.15) is 34.7 Å². The molecule has 128 valence electrons. The number of pyridine rings is 1. The number of hydrogen-bond donors (Lipinski definition) is 2. The Morgan fingerprint density at radius 2 is 2.00 bits per heavy atom. The van der Waals surface area contributed by atoms with Gasteiger partial charge in [0.15, 0.2) is 0 Å². The van der Waals surface area contributed by atoms with Gasteiger partial charge in [0.2, 0.25) is 0 Å². The van der Waals surface area contributed by atoms with E-state index in [0.29, 0.717) is 11.5 Å². The third-order valence-corrected chi connectivity index (χ3v) is 5.11. The molecule has 5 nitrogen and oxygen atoms in total. The van der Waals surface area contributed by atoms with Gasteiger partial charge >= 0.3 is 0 Å². The van der Waals surface area contributed by atoms with Crippen LogP contribution in [0.2, 0.25) is 0 Å². The zero-order chi connectivity index (χ0) is 17.2. The SMILES string of the molecule is CNC(=O)c1cccnc1N1CCC(c2c[nH]c3ccccc23)CC1. The first kappa shape index (κ1) is 15.7. The van der Waals surface area contributed by atoms with Crippen molar-refractivity contribution in [3.8, 4) is 0 Å². The average Bonchev–Trinajstić information content (AvgIpc) is 3.12. The maximum Gasteiger partial charge on any atom is 0.254 e. The Morgan fingerprint density at radius 3 is 2.80 bits per heavy atom. The number of aromatic nitrogens is 2. The molecule has 0 radical (unpaired) electrons. The summed E-state index contributed by atoms with van der Waals surface area (Å²) in [5.74, 6) is 1.25. The molecule has 1 fully saturated rings. The van der Waals surface area contributed by atoms with E-state index in [2.05, 4.69) is 50.6 Å². The van der Waals surface area contributed by atoms with E-state index in [1.807, 2.05) is 12.1 Å². The Morgan fingerprint density at radius 1 is 1.20 bits per heavy atom. The van der Waals surface area contributed by atoms with E-state index in [1.54, 1.807) is 13.2 Å². The van der Waals surface area contributed by atoms with E-state index < -0.39 is 0 Å². The van der Waals surface area contributed by atoms with E-state index in [9.17, 15) is 4.79 Å². The molecule has 2 N–H and O–H groups in total. The minimum Gasteiger partial charge on any atom is -0.361 e. The number of H-pyrrole nitrogens is 1. The van der Waals surface area contributed by atoms with Gasteiger partial charge in [0.1, 0.15) is 5.82 Å². The van der Waals surface area contributed by atoms with Crippen LogP contribution in [0.25, 0.3) is 10.9 Å². The number of hydrogen-bond acceptors (Lipinski definition) is 3. The van der Waals surface area contributed by atoms with Gasteiger partial charge in [0.25, 0.3) is 5.91 Å². The Bertz CT molecular complexity index is 893. The van der Waals surface area contributed by atoms with Crippen molar-refractivity contribution < 1.29 is 4.79 Å². The molecule has 1 aliphatic rings. The molecule has 2 aromatic heterocycles.